The zero-order chi connectivity index (χ0) is 13.5. The van der Waals surface area contributed by atoms with E-state index in [0.29, 0.717) is 18.8 Å². The van der Waals surface area contributed by atoms with Gasteiger partial charge in [0.05, 0.1) is 5.75 Å². The summed E-state index contributed by atoms with van der Waals surface area (Å²) in [7, 11) is -3.21. The molecule has 0 aromatic heterocycles. The van der Waals surface area contributed by atoms with E-state index in [1.807, 2.05) is 4.90 Å². The van der Waals surface area contributed by atoms with E-state index < -0.39 is 15.1 Å². The number of hydrogen-bond acceptors (Lipinski definition) is 4. The Kier molecular flexibility index (Phi) is 3.55. The smallest absolute Gasteiger partial charge is 0.241 e. The van der Waals surface area contributed by atoms with Crippen LogP contribution < -0.4 is 5.32 Å². The van der Waals surface area contributed by atoms with Crippen molar-refractivity contribution in [1.82, 2.24) is 10.2 Å². The average Bonchev–Trinajstić information content (AvgIpc) is 2.85. The van der Waals surface area contributed by atoms with Gasteiger partial charge in [0.25, 0.3) is 0 Å². The van der Waals surface area contributed by atoms with Crippen LogP contribution in [0.5, 0.6) is 0 Å². The first-order valence-electron chi connectivity index (χ1n) is 7.32. The quantitative estimate of drug-likeness (QED) is 0.746. The molecular formula is C13H22N2O3S. The van der Waals surface area contributed by atoms with Crippen LogP contribution in [0, 0.1) is 5.92 Å². The number of amides is 1. The Morgan fingerprint density at radius 3 is 2.74 bits per heavy atom. The van der Waals surface area contributed by atoms with E-state index in [4.69, 9.17) is 0 Å². The van der Waals surface area contributed by atoms with Gasteiger partial charge in [0, 0.05) is 25.7 Å². The number of piperidine rings is 1. The highest BCUT2D eigenvalue weighted by atomic mass is 32.2. The summed E-state index contributed by atoms with van der Waals surface area (Å²) < 4.78 is 24.2. The normalized spacial score (nSPS) is 37.9. The minimum atomic E-state index is -3.21. The van der Waals surface area contributed by atoms with Crippen LogP contribution in [0.3, 0.4) is 0 Å². The van der Waals surface area contributed by atoms with Crippen molar-refractivity contribution in [2.75, 3.05) is 25.4 Å². The van der Waals surface area contributed by atoms with Crippen LogP contribution in [-0.4, -0.2) is 55.9 Å². The van der Waals surface area contributed by atoms with E-state index in [9.17, 15) is 13.2 Å². The molecule has 0 bridgehead atoms. The number of carbonyl (C=O) groups is 1. The molecule has 3 saturated heterocycles. The molecule has 0 saturated carbocycles. The number of rotatable bonds is 1. The Hall–Kier alpha value is -0.620. The predicted molar refractivity (Wildman–Crippen MR) is 72.5 cm³/mol. The molecule has 3 aliphatic heterocycles. The first kappa shape index (κ1) is 13.4. The van der Waals surface area contributed by atoms with Gasteiger partial charge < -0.3 is 10.2 Å². The molecule has 108 valence electrons. The molecule has 3 heterocycles. The van der Waals surface area contributed by atoms with Crippen LogP contribution in [-0.2, 0) is 14.6 Å². The number of carbonyl (C=O) groups excluding carboxylic acids is 1. The lowest BCUT2D eigenvalue weighted by molar-refractivity contribution is -0.135. The molecule has 1 amide bonds. The molecule has 3 atom stereocenters. The van der Waals surface area contributed by atoms with Crippen molar-refractivity contribution >= 4 is 15.7 Å². The molecule has 0 aromatic carbocycles. The zero-order valence-electron chi connectivity index (χ0n) is 11.2. The fraction of sp³-hybridized carbons (Fsp3) is 0.923. The van der Waals surface area contributed by atoms with Gasteiger partial charge in [0.1, 0.15) is 5.25 Å². The van der Waals surface area contributed by atoms with Crippen molar-refractivity contribution in [3.8, 4) is 0 Å². The van der Waals surface area contributed by atoms with Crippen molar-refractivity contribution in [1.29, 1.82) is 0 Å². The van der Waals surface area contributed by atoms with Crippen molar-refractivity contribution in [2.45, 2.75) is 43.4 Å². The van der Waals surface area contributed by atoms with Crippen LogP contribution in [0.15, 0.2) is 0 Å². The van der Waals surface area contributed by atoms with E-state index in [0.717, 1.165) is 38.9 Å². The molecule has 0 aromatic rings. The van der Waals surface area contributed by atoms with Gasteiger partial charge >= 0.3 is 0 Å². The maximum atomic E-state index is 12.6. The summed E-state index contributed by atoms with van der Waals surface area (Å²) in [6.07, 6.45) is 4.23. The second-order valence-electron chi connectivity index (χ2n) is 6.01. The SMILES string of the molecule is O=C(C1CCCCS1(=O)=O)N1CCCC2CNCC21. The van der Waals surface area contributed by atoms with Gasteiger partial charge in [-0.1, -0.05) is 6.42 Å². The molecule has 3 aliphatic rings. The fourth-order valence-electron chi connectivity index (χ4n) is 3.76. The Morgan fingerprint density at radius 1 is 1.11 bits per heavy atom. The summed E-state index contributed by atoms with van der Waals surface area (Å²) >= 11 is 0. The minimum absolute atomic E-state index is 0.127. The molecule has 19 heavy (non-hydrogen) atoms. The number of hydrogen-bond donors (Lipinski definition) is 1. The van der Waals surface area contributed by atoms with Gasteiger partial charge in [-0.15, -0.1) is 0 Å². The maximum Gasteiger partial charge on any atom is 0.241 e. The number of likely N-dealkylation sites (tertiary alicyclic amines) is 1. The van der Waals surface area contributed by atoms with Crippen LogP contribution in [0.1, 0.15) is 32.1 Å². The molecule has 3 fully saturated rings. The van der Waals surface area contributed by atoms with Crippen molar-refractivity contribution in [2.24, 2.45) is 5.92 Å². The topological polar surface area (TPSA) is 66.5 Å². The molecule has 0 aliphatic carbocycles. The van der Waals surface area contributed by atoms with Crippen LogP contribution in [0.4, 0.5) is 0 Å². The first-order chi connectivity index (χ1) is 9.09. The van der Waals surface area contributed by atoms with E-state index >= 15 is 0 Å². The third-order valence-corrected chi connectivity index (χ3v) is 6.98. The van der Waals surface area contributed by atoms with Gasteiger partial charge in [-0.2, -0.15) is 0 Å². The summed E-state index contributed by atoms with van der Waals surface area (Å²) in [4.78, 5) is 14.5. The molecular weight excluding hydrogens is 264 g/mol. The Labute approximate surface area is 114 Å². The standard InChI is InChI=1S/C13H22N2O3S/c16-13(12-5-1-2-7-19(12,17)18)15-6-3-4-10-8-14-9-11(10)15/h10-12,14H,1-9H2. The van der Waals surface area contributed by atoms with Crippen LogP contribution in [0.2, 0.25) is 0 Å². The average molecular weight is 286 g/mol. The largest absolute Gasteiger partial charge is 0.337 e. The minimum Gasteiger partial charge on any atom is -0.337 e. The summed E-state index contributed by atoms with van der Waals surface area (Å²) in [6.45, 7) is 2.52. The third kappa shape index (κ3) is 2.40. The first-order valence-corrected chi connectivity index (χ1v) is 9.04. The van der Waals surface area contributed by atoms with Gasteiger partial charge in [-0.05, 0) is 31.6 Å². The fourth-order valence-corrected chi connectivity index (χ4v) is 5.62. The molecule has 0 radical (unpaired) electrons. The molecule has 6 heteroatoms. The Bertz CT molecular complexity index is 463. The van der Waals surface area contributed by atoms with E-state index in [1.165, 1.54) is 0 Å². The lowest BCUT2D eigenvalue weighted by Gasteiger charge is -2.39. The monoisotopic (exact) mass is 286 g/mol. The second kappa shape index (κ2) is 5.05. The summed E-state index contributed by atoms with van der Waals surface area (Å²) in [5.74, 6) is 0.575. The highest BCUT2D eigenvalue weighted by Crippen LogP contribution is 2.29. The highest BCUT2D eigenvalue weighted by molar-refractivity contribution is 7.92. The summed E-state index contributed by atoms with van der Waals surface area (Å²) in [5.41, 5.74) is 0. The van der Waals surface area contributed by atoms with Crippen LogP contribution in [0.25, 0.3) is 0 Å². The molecule has 5 nitrogen and oxygen atoms in total. The molecule has 3 rings (SSSR count). The Morgan fingerprint density at radius 2 is 1.95 bits per heavy atom. The van der Waals surface area contributed by atoms with E-state index in [2.05, 4.69) is 5.32 Å². The van der Waals surface area contributed by atoms with Crippen molar-refractivity contribution in [3.63, 3.8) is 0 Å². The van der Waals surface area contributed by atoms with Crippen molar-refractivity contribution in [3.05, 3.63) is 0 Å². The van der Waals surface area contributed by atoms with E-state index in [1.54, 1.807) is 0 Å². The van der Waals surface area contributed by atoms with E-state index in [-0.39, 0.29) is 17.7 Å². The molecule has 3 unspecified atom stereocenters. The second-order valence-corrected chi connectivity index (χ2v) is 8.31. The number of fused-ring (bicyclic) bond motifs is 1. The Balaban J connectivity index is 1.79. The summed E-state index contributed by atoms with van der Waals surface area (Å²) in [6, 6.07) is 0.221. The van der Waals surface area contributed by atoms with Gasteiger partial charge in [-0.3, -0.25) is 4.79 Å². The van der Waals surface area contributed by atoms with Gasteiger partial charge in [0.2, 0.25) is 5.91 Å². The van der Waals surface area contributed by atoms with Crippen molar-refractivity contribution < 1.29 is 13.2 Å². The maximum absolute atomic E-state index is 12.6. The van der Waals surface area contributed by atoms with Gasteiger partial charge in [-0.25, -0.2) is 8.42 Å². The molecule has 1 N–H and O–H groups in total. The third-order valence-electron chi connectivity index (χ3n) is 4.82. The van der Waals surface area contributed by atoms with Gasteiger partial charge in [0.15, 0.2) is 9.84 Å². The molecule has 0 spiro atoms. The lowest BCUT2D eigenvalue weighted by atomic mass is 9.91. The van der Waals surface area contributed by atoms with Crippen LogP contribution >= 0.6 is 0 Å². The summed E-state index contributed by atoms with van der Waals surface area (Å²) in [5, 5.41) is 2.57. The number of sulfone groups is 1. The number of nitrogens with one attached hydrogen (secondary N) is 1. The predicted octanol–water partition coefficient (Wildman–Crippen LogP) is 0.164. The lowest BCUT2D eigenvalue weighted by Crippen LogP contribution is -2.54. The number of nitrogens with zero attached hydrogens (tertiary/aromatic N) is 1. The zero-order valence-corrected chi connectivity index (χ0v) is 12.0. The highest BCUT2D eigenvalue weighted by Gasteiger charge is 2.43.